The van der Waals surface area contributed by atoms with Crippen molar-refractivity contribution in [2.45, 2.75) is 55.4 Å². The van der Waals surface area contributed by atoms with Crippen LogP contribution in [0, 0.1) is 5.92 Å². The van der Waals surface area contributed by atoms with Crippen molar-refractivity contribution < 1.29 is 22.7 Å². The number of aromatic nitrogens is 3. The molecule has 7 nitrogen and oxygen atoms in total. The molecule has 32 heavy (non-hydrogen) atoms. The predicted molar refractivity (Wildman–Crippen MR) is 124 cm³/mol. The number of rotatable bonds is 5. The van der Waals surface area contributed by atoms with Gasteiger partial charge in [-0.05, 0) is 52.9 Å². The van der Waals surface area contributed by atoms with Gasteiger partial charge in [-0.25, -0.2) is 13.4 Å². The molecule has 3 aromatic rings. The van der Waals surface area contributed by atoms with Crippen molar-refractivity contribution in [3.05, 3.63) is 47.0 Å². The number of halogens is 1. The highest BCUT2D eigenvalue weighted by molar-refractivity contribution is 9.10. The molecule has 0 atom stereocenters. The van der Waals surface area contributed by atoms with Gasteiger partial charge in [0.2, 0.25) is 22.2 Å². The number of fused-ring (bicyclic) bond motifs is 1. The summed E-state index contributed by atoms with van der Waals surface area (Å²) in [5.74, 6) is 1.49. The summed E-state index contributed by atoms with van der Waals surface area (Å²) in [4.78, 5) is 10.4. The maximum absolute atomic E-state index is 13.4. The maximum atomic E-state index is 13.4. The number of ether oxygens (including phenoxy) is 1. The third-order valence-electron chi connectivity index (χ3n) is 5.83. The van der Waals surface area contributed by atoms with Crippen LogP contribution in [-0.2, 0) is 26.5 Å². The average Bonchev–Trinajstić information content (AvgIpc) is 3.12. The molecule has 0 aliphatic carbocycles. The van der Waals surface area contributed by atoms with E-state index in [1.165, 1.54) is 17.9 Å². The number of sulfone groups is 1. The fraction of sp³-hybridized carbons (Fsp3) is 0.478. The number of pyridine rings is 1. The summed E-state index contributed by atoms with van der Waals surface area (Å²) in [6, 6.07) is 6.77. The van der Waals surface area contributed by atoms with Crippen molar-refractivity contribution in [1.82, 2.24) is 9.55 Å². The van der Waals surface area contributed by atoms with Crippen LogP contribution < -0.4 is 9.57 Å². The van der Waals surface area contributed by atoms with E-state index in [4.69, 9.17) is 14.6 Å². The molecule has 1 aliphatic heterocycles. The van der Waals surface area contributed by atoms with E-state index < -0.39 is 9.84 Å². The minimum atomic E-state index is -3.73. The molecule has 0 bridgehead atoms. The van der Waals surface area contributed by atoms with Crippen LogP contribution in [0.3, 0.4) is 0 Å². The van der Waals surface area contributed by atoms with E-state index in [1.54, 1.807) is 24.5 Å². The van der Waals surface area contributed by atoms with Gasteiger partial charge < -0.3 is 9.30 Å². The monoisotopic (exact) mass is 522 g/mol. The van der Waals surface area contributed by atoms with E-state index in [9.17, 15) is 8.42 Å². The van der Waals surface area contributed by atoms with Crippen molar-refractivity contribution in [1.29, 1.82) is 0 Å². The molecule has 0 radical (unpaired) electrons. The molecule has 0 N–H and O–H groups in total. The summed E-state index contributed by atoms with van der Waals surface area (Å²) >= 11 is 3.36. The quantitative estimate of drug-likeness (QED) is 0.477. The fourth-order valence-corrected chi connectivity index (χ4v) is 6.41. The van der Waals surface area contributed by atoms with Crippen molar-refractivity contribution in [2.75, 3.05) is 20.3 Å². The SMILES string of the molecule is CO[n+]1ccc(S(=O)(=O)c2ccc3c(c2)nc(C(C)(C)C)n3CC2CCOCC2)c(Br)c1. The summed E-state index contributed by atoms with van der Waals surface area (Å²) in [7, 11) is -2.22. The molecule has 0 spiro atoms. The first-order chi connectivity index (χ1) is 15.1. The van der Waals surface area contributed by atoms with Crippen LogP contribution in [0.2, 0.25) is 0 Å². The molecular formula is C23H29BrN3O4S+. The molecular weight excluding hydrogens is 494 g/mol. The van der Waals surface area contributed by atoms with Gasteiger partial charge in [0.05, 0.1) is 20.8 Å². The Labute approximate surface area is 197 Å². The Bertz CT molecular complexity index is 1240. The zero-order chi connectivity index (χ0) is 23.1. The Morgan fingerprint density at radius 3 is 2.59 bits per heavy atom. The maximum Gasteiger partial charge on any atom is 0.237 e. The van der Waals surface area contributed by atoms with Gasteiger partial charge in [-0.1, -0.05) is 20.8 Å². The molecule has 0 amide bonds. The second-order valence-electron chi connectivity index (χ2n) is 9.21. The first kappa shape index (κ1) is 23.2. The standard InChI is InChI=1S/C23H29BrN3O4S/c1-23(2,3)22-25-19-13-17(32(28,29)21-7-10-26(30-4)15-18(21)24)5-6-20(19)27(22)14-16-8-11-31-12-9-16/h5-7,10,13,15-16H,8-9,11-12,14H2,1-4H3/q+1. The third-order valence-corrected chi connectivity index (χ3v) is 8.54. The Kier molecular flexibility index (Phi) is 6.35. The van der Waals surface area contributed by atoms with Crippen LogP contribution in [0.4, 0.5) is 0 Å². The van der Waals surface area contributed by atoms with Crippen LogP contribution in [0.5, 0.6) is 0 Å². The summed E-state index contributed by atoms with van der Waals surface area (Å²) in [6.45, 7) is 8.86. The lowest BCUT2D eigenvalue weighted by Crippen LogP contribution is -2.39. The van der Waals surface area contributed by atoms with Crippen molar-refractivity contribution in [3.63, 3.8) is 0 Å². The second-order valence-corrected chi connectivity index (χ2v) is 12.0. The minimum Gasteiger partial charge on any atom is -0.381 e. The lowest BCUT2D eigenvalue weighted by Gasteiger charge is -2.26. The average molecular weight is 523 g/mol. The molecule has 1 fully saturated rings. The molecule has 1 saturated heterocycles. The number of nitrogens with zero attached hydrogens (tertiary/aromatic N) is 3. The summed E-state index contributed by atoms with van der Waals surface area (Å²) in [5.41, 5.74) is 1.49. The van der Waals surface area contributed by atoms with Gasteiger partial charge >= 0.3 is 0 Å². The van der Waals surface area contributed by atoms with Gasteiger partial charge in [-0.2, -0.15) is 0 Å². The van der Waals surface area contributed by atoms with Crippen LogP contribution in [-0.4, -0.2) is 38.3 Å². The third kappa shape index (κ3) is 4.43. The Balaban J connectivity index is 1.79. The van der Waals surface area contributed by atoms with Gasteiger partial charge in [0.25, 0.3) is 0 Å². The van der Waals surface area contributed by atoms with Gasteiger partial charge in [0.1, 0.15) is 17.4 Å². The Morgan fingerprint density at radius 1 is 1.25 bits per heavy atom. The second kappa shape index (κ2) is 8.76. The van der Waals surface area contributed by atoms with E-state index in [1.807, 2.05) is 6.07 Å². The van der Waals surface area contributed by atoms with Crippen molar-refractivity contribution >= 4 is 36.8 Å². The van der Waals surface area contributed by atoms with Crippen molar-refractivity contribution in [3.8, 4) is 0 Å². The van der Waals surface area contributed by atoms with Crippen LogP contribution in [0.25, 0.3) is 11.0 Å². The predicted octanol–water partition coefficient (Wildman–Crippen LogP) is 3.70. The van der Waals surface area contributed by atoms with Crippen LogP contribution in [0.1, 0.15) is 39.4 Å². The lowest BCUT2D eigenvalue weighted by molar-refractivity contribution is -0.886. The van der Waals surface area contributed by atoms with E-state index in [2.05, 4.69) is 41.3 Å². The smallest absolute Gasteiger partial charge is 0.237 e. The molecule has 4 rings (SSSR count). The molecule has 0 unspecified atom stereocenters. The highest BCUT2D eigenvalue weighted by Crippen LogP contribution is 2.32. The molecule has 3 heterocycles. The number of hydrogen-bond acceptors (Lipinski definition) is 5. The molecule has 1 aliphatic rings. The molecule has 9 heteroatoms. The Morgan fingerprint density at radius 2 is 1.97 bits per heavy atom. The van der Waals surface area contributed by atoms with Crippen molar-refractivity contribution in [2.24, 2.45) is 5.92 Å². The molecule has 172 valence electrons. The highest BCUT2D eigenvalue weighted by Gasteiger charge is 2.28. The zero-order valence-electron chi connectivity index (χ0n) is 18.8. The van der Waals surface area contributed by atoms with E-state index in [0.29, 0.717) is 15.9 Å². The molecule has 0 saturated carbocycles. The van der Waals surface area contributed by atoms with E-state index >= 15 is 0 Å². The first-order valence-corrected chi connectivity index (χ1v) is 13.0. The van der Waals surface area contributed by atoms with Gasteiger partial charge in [-0.15, -0.1) is 0 Å². The summed E-state index contributed by atoms with van der Waals surface area (Å²) in [6.07, 6.45) is 5.20. The van der Waals surface area contributed by atoms with Crippen LogP contribution in [0.15, 0.2) is 50.9 Å². The molecule has 1 aromatic carbocycles. The van der Waals surface area contributed by atoms with Gasteiger partial charge in [0, 0.05) is 36.0 Å². The largest absolute Gasteiger partial charge is 0.381 e. The van der Waals surface area contributed by atoms with Gasteiger partial charge in [-0.3, -0.25) is 4.84 Å². The van der Waals surface area contributed by atoms with E-state index in [0.717, 1.165) is 43.9 Å². The number of hydrogen-bond donors (Lipinski definition) is 0. The first-order valence-electron chi connectivity index (χ1n) is 10.7. The number of benzene rings is 1. The van der Waals surface area contributed by atoms with E-state index in [-0.39, 0.29) is 15.2 Å². The van der Waals surface area contributed by atoms with Crippen LogP contribution >= 0.6 is 15.9 Å². The zero-order valence-corrected chi connectivity index (χ0v) is 21.2. The summed E-state index contributed by atoms with van der Waals surface area (Å²) < 4.78 is 36.4. The molecule has 2 aromatic heterocycles. The number of imidazole rings is 1. The summed E-state index contributed by atoms with van der Waals surface area (Å²) in [5, 5.41) is 0. The lowest BCUT2D eigenvalue weighted by atomic mass is 9.94. The van der Waals surface area contributed by atoms with Gasteiger partial charge in [0.15, 0.2) is 0 Å². The minimum absolute atomic E-state index is 0.167. The Hall–Kier alpha value is -1.97. The normalized spacial score (nSPS) is 15.9. The highest BCUT2D eigenvalue weighted by atomic mass is 79.9. The fourth-order valence-electron chi connectivity index (χ4n) is 4.12. The topological polar surface area (TPSA) is 74.3 Å².